The number of hydrogen-bond acceptors (Lipinski definition) is 2. The van der Waals surface area contributed by atoms with Gasteiger partial charge < -0.3 is 10.1 Å². The molecule has 1 aromatic carbocycles. The van der Waals surface area contributed by atoms with Gasteiger partial charge in [-0.1, -0.05) is 29.5 Å². The third-order valence-corrected chi connectivity index (χ3v) is 2.38. The van der Waals surface area contributed by atoms with Crippen LogP contribution in [0.25, 0.3) is 0 Å². The molecule has 20 heavy (non-hydrogen) atoms. The average molecular weight is 298 g/mol. The third-order valence-electron chi connectivity index (χ3n) is 2.09. The Hall–Kier alpha value is -1.73. The van der Waals surface area contributed by atoms with Crippen molar-refractivity contribution in [1.29, 1.82) is 0 Å². The molecular formula is C15H17ClFNO2. The summed E-state index contributed by atoms with van der Waals surface area (Å²) in [6.07, 6.45) is -0.0983. The highest BCUT2D eigenvalue weighted by Gasteiger charge is 2.15. The molecular weight excluding hydrogens is 281 g/mol. The molecule has 0 heterocycles. The Balaban J connectivity index is 2.41. The molecule has 0 unspecified atom stereocenters. The maximum Gasteiger partial charge on any atom is 0.407 e. The number of nitrogens with one attached hydrogen (secondary N) is 1. The number of benzene rings is 1. The van der Waals surface area contributed by atoms with E-state index >= 15 is 0 Å². The summed E-state index contributed by atoms with van der Waals surface area (Å²) in [7, 11) is 0. The molecule has 1 rings (SSSR count). The second-order valence-corrected chi connectivity index (χ2v) is 5.49. The molecule has 0 aliphatic rings. The highest BCUT2D eigenvalue weighted by Crippen LogP contribution is 2.16. The van der Waals surface area contributed by atoms with Crippen molar-refractivity contribution in [2.45, 2.75) is 32.8 Å². The molecule has 1 aromatic rings. The zero-order chi connectivity index (χ0) is 15.2. The van der Waals surface area contributed by atoms with Crippen molar-refractivity contribution in [3.63, 3.8) is 0 Å². The molecule has 0 saturated carbocycles. The number of alkyl carbamates (subject to hydrolysis) is 1. The second-order valence-electron chi connectivity index (χ2n) is 5.08. The number of carbonyl (C=O) groups excluding carboxylic acids is 1. The molecule has 0 radical (unpaired) electrons. The first-order chi connectivity index (χ1) is 9.29. The normalized spacial score (nSPS) is 10.4. The molecule has 0 aromatic heterocycles. The van der Waals surface area contributed by atoms with E-state index < -0.39 is 17.5 Å². The fourth-order valence-electron chi connectivity index (χ4n) is 1.30. The van der Waals surface area contributed by atoms with Crippen molar-refractivity contribution in [2.24, 2.45) is 0 Å². The highest BCUT2D eigenvalue weighted by molar-refractivity contribution is 6.30. The van der Waals surface area contributed by atoms with Gasteiger partial charge in [-0.05, 0) is 32.9 Å². The SMILES string of the molecule is CC(C)(C)OC(=O)NCCC#Cc1cccc(Cl)c1F. The Labute approximate surface area is 123 Å². The summed E-state index contributed by atoms with van der Waals surface area (Å²) in [5.74, 6) is 4.92. The van der Waals surface area contributed by atoms with Crippen molar-refractivity contribution in [3.8, 4) is 11.8 Å². The Morgan fingerprint density at radius 3 is 2.80 bits per heavy atom. The van der Waals surface area contributed by atoms with Crippen LogP contribution in [-0.2, 0) is 4.74 Å². The molecule has 0 bridgehead atoms. The molecule has 0 fully saturated rings. The van der Waals surface area contributed by atoms with Crippen LogP contribution in [0.5, 0.6) is 0 Å². The minimum Gasteiger partial charge on any atom is -0.444 e. The monoisotopic (exact) mass is 297 g/mol. The molecule has 108 valence electrons. The van der Waals surface area contributed by atoms with E-state index in [-0.39, 0.29) is 10.6 Å². The zero-order valence-electron chi connectivity index (χ0n) is 11.7. The number of carbonyl (C=O) groups is 1. The molecule has 0 aliphatic heterocycles. The lowest BCUT2D eigenvalue weighted by molar-refractivity contribution is 0.0529. The third kappa shape index (κ3) is 5.94. The molecule has 0 aliphatic carbocycles. The van der Waals surface area contributed by atoms with E-state index in [9.17, 15) is 9.18 Å². The van der Waals surface area contributed by atoms with Crippen LogP contribution in [0.3, 0.4) is 0 Å². The van der Waals surface area contributed by atoms with Gasteiger partial charge in [0.15, 0.2) is 5.82 Å². The first kappa shape index (κ1) is 16.3. The number of rotatable bonds is 2. The predicted molar refractivity (Wildman–Crippen MR) is 77.1 cm³/mol. The van der Waals surface area contributed by atoms with Gasteiger partial charge in [0.2, 0.25) is 0 Å². The standard InChI is InChI=1S/C15H17ClFNO2/c1-15(2,3)20-14(19)18-10-5-4-7-11-8-6-9-12(16)13(11)17/h6,8-9H,5,10H2,1-3H3,(H,18,19). The van der Waals surface area contributed by atoms with E-state index in [0.29, 0.717) is 13.0 Å². The maximum absolute atomic E-state index is 13.5. The van der Waals surface area contributed by atoms with Crippen LogP contribution >= 0.6 is 11.6 Å². The van der Waals surface area contributed by atoms with Crippen molar-refractivity contribution in [3.05, 3.63) is 34.6 Å². The summed E-state index contributed by atoms with van der Waals surface area (Å²) in [6, 6.07) is 4.65. The largest absolute Gasteiger partial charge is 0.444 e. The number of amides is 1. The van der Waals surface area contributed by atoms with Gasteiger partial charge in [0, 0.05) is 13.0 Å². The predicted octanol–water partition coefficient (Wildman–Crippen LogP) is 3.75. The van der Waals surface area contributed by atoms with E-state index in [4.69, 9.17) is 16.3 Å². The molecule has 5 heteroatoms. The van der Waals surface area contributed by atoms with E-state index in [1.54, 1.807) is 32.9 Å². The fourth-order valence-corrected chi connectivity index (χ4v) is 1.47. The quantitative estimate of drug-likeness (QED) is 0.667. The summed E-state index contributed by atoms with van der Waals surface area (Å²) < 4.78 is 18.6. The lowest BCUT2D eigenvalue weighted by Gasteiger charge is -2.19. The Bertz CT molecular complexity index is 541. The Kier molecular flexibility index (Phi) is 5.84. The first-order valence-electron chi connectivity index (χ1n) is 6.19. The highest BCUT2D eigenvalue weighted by atomic mass is 35.5. The molecule has 0 atom stereocenters. The molecule has 1 N–H and O–H groups in total. The van der Waals surface area contributed by atoms with E-state index in [0.717, 1.165) is 0 Å². The van der Waals surface area contributed by atoms with Gasteiger partial charge in [-0.2, -0.15) is 0 Å². The number of hydrogen-bond donors (Lipinski definition) is 1. The maximum atomic E-state index is 13.5. The van der Waals surface area contributed by atoms with Crippen LogP contribution in [0.15, 0.2) is 18.2 Å². The summed E-state index contributed by atoms with van der Waals surface area (Å²) in [5, 5.41) is 2.61. The minimum atomic E-state index is -0.528. The zero-order valence-corrected chi connectivity index (χ0v) is 12.5. The lowest BCUT2D eigenvalue weighted by Crippen LogP contribution is -2.32. The van der Waals surface area contributed by atoms with E-state index in [1.807, 2.05) is 0 Å². The Morgan fingerprint density at radius 1 is 1.45 bits per heavy atom. The topological polar surface area (TPSA) is 38.3 Å². The summed E-state index contributed by atoms with van der Waals surface area (Å²) >= 11 is 5.64. The van der Waals surface area contributed by atoms with Gasteiger partial charge in [-0.25, -0.2) is 9.18 Å². The Morgan fingerprint density at radius 2 is 2.15 bits per heavy atom. The van der Waals surface area contributed by atoms with Crippen molar-refractivity contribution < 1.29 is 13.9 Å². The average Bonchev–Trinajstić information content (AvgIpc) is 2.31. The van der Waals surface area contributed by atoms with Crippen LogP contribution in [0.4, 0.5) is 9.18 Å². The van der Waals surface area contributed by atoms with Gasteiger partial charge in [-0.3, -0.25) is 0 Å². The van der Waals surface area contributed by atoms with Crippen LogP contribution in [0.2, 0.25) is 5.02 Å². The first-order valence-corrected chi connectivity index (χ1v) is 6.57. The summed E-state index contributed by atoms with van der Waals surface area (Å²) in [4.78, 5) is 11.3. The van der Waals surface area contributed by atoms with Crippen LogP contribution in [0.1, 0.15) is 32.8 Å². The van der Waals surface area contributed by atoms with Gasteiger partial charge in [0.05, 0.1) is 10.6 Å². The van der Waals surface area contributed by atoms with Crippen molar-refractivity contribution in [1.82, 2.24) is 5.32 Å². The fraction of sp³-hybridized carbons (Fsp3) is 0.400. The smallest absolute Gasteiger partial charge is 0.407 e. The second kappa shape index (κ2) is 7.16. The summed E-state index contributed by atoms with van der Waals surface area (Å²) in [5.41, 5.74) is -0.283. The van der Waals surface area contributed by atoms with Crippen LogP contribution < -0.4 is 5.32 Å². The van der Waals surface area contributed by atoms with Crippen molar-refractivity contribution in [2.75, 3.05) is 6.54 Å². The van der Waals surface area contributed by atoms with Crippen molar-refractivity contribution >= 4 is 17.7 Å². The number of ether oxygens (including phenoxy) is 1. The van der Waals surface area contributed by atoms with Gasteiger partial charge in [0.25, 0.3) is 0 Å². The van der Waals surface area contributed by atoms with Gasteiger partial charge in [-0.15, -0.1) is 0 Å². The van der Waals surface area contributed by atoms with Gasteiger partial charge in [0.1, 0.15) is 5.60 Å². The molecule has 3 nitrogen and oxygen atoms in total. The number of halogens is 2. The minimum absolute atomic E-state index is 0.0451. The lowest BCUT2D eigenvalue weighted by atomic mass is 10.2. The molecule has 1 amide bonds. The van der Waals surface area contributed by atoms with E-state index in [1.165, 1.54) is 6.07 Å². The summed E-state index contributed by atoms with van der Waals surface area (Å²) in [6.45, 7) is 5.70. The van der Waals surface area contributed by atoms with Gasteiger partial charge >= 0.3 is 6.09 Å². The van der Waals surface area contributed by atoms with Crippen LogP contribution in [0, 0.1) is 17.7 Å². The molecule has 0 saturated heterocycles. The molecule has 0 spiro atoms. The van der Waals surface area contributed by atoms with Crippen LogP contribution in [-0.4, -0.2) is 18.2 Å². The van der Waals surface area contributed by atoms with E-state index in [2.05, 4.69) is 17.2 Å².